The van der Waals surface area contributed by atoms with E-state index in [1.807, 2.05) is 0 Å². The Morgan fingerprint density at radius 2 is 2.24 bits per heavy atom. The molecule has 2 atom stereocenters. The van der Waals surface area contributed by atoms with Crippen molar-refractivity contribution in [3.8, 4) is 0 Å². The lowest BCUT2D eigenvalue weighted by molar-refractivity contribution is -0.124. The van der Waals surface area contributed by atoms with Crippen molar-refractivity contribution in [2.75, 3.05) is 6.54 Å². The molecule has 2 unspecified atom stereocenters. The molecular formula is C10H15N3O3S. The van der Waals surface area contributed by atoms with Gasteiger partial charge in [-0.3, -0.25) is 4.79 Å². The maximum Gasteiger partial charge on any atom is 0.355 e. The zero-order chi connectivity index (χ0) is 13.0. The molecule has 0 spiro atoms. The minimum atomic E-state index is -1.07. The number of rotatable bonds is 5. The SMILES string of the molecule is CC(CN)C(=O)NC(C)c1nc(C(=O)O)cs1. The second-order valence-electron chi connectivity index (χ2n) is 3.74. The van der Waals surface area contributed by atoms with E-state index in [4.69, 9.17) is 10.8 Å². The van der Waals surface area contributed by atoms with Gasteiger partial charge in [-0.1, -0.05) is 6.92 Å². The number of amides is 1. The number of nitrogens with zero attached hydrogens (tertiary/aromatic N) is 1. The van der Waals surface area contributed by atoms with Crippen LogP contribution in [0.2, 0.25) is 0 Å². The van der Waals surface area contributed by atoms with Gasteiger partial charge in [-0.15, -0.1) is 11.3 Å². The summed E-state index contributed by atoms with van der Waals surface area (Å²) >= 11 is 1.21. The molecule has 1 aromatic heterocycles. The van der Waals surface area contributed by atoms with Crippen LogP contribution in [0.4, 0.5) is 0 Å². The molecule has 0 bridgehead atoms. The molecule has 0 aliphatic carbocycles. The highest BCUT2D eigenvalue weighted by atomic mass is 32.1. The predicted molar refractivity (Wildman–Crippen MR) is 63.8 cm³/mol. The number of carbonyl (C=O) groups is 2. The fourth-order valence-corrected chi connectivity index (χ4v) is 1.91. The number of thiazole rings is 1. The van der Waals surface area contributed by atoms with Crippen molar-refractivity contribution in [3.05, 3.63) is 16.1 Å². The van der Waals surface area contributed by atoms with Gasteiger partial charge >= 0.3 is 5.97 Å². The van der Waals surface area contributed by atoms with E-state index in [1.165, 1.54) is 16.7 Å². The second-order valence-corrected chi connectivity index (χ2v) is 4.63. The van der Waals surface area contributed by atoms with Crippen LogP contribution in [0.5, 0.6) is 0 Å². The van der Waals surface area contributed by atoms with Crippen LogP contribution in [-0.2, 0) is 4.79 Å². The number of nitrogens with two attached hydrogens (primary N) is 1. The fraction of sp³-hybridized carbons (Fsp3) is 0.500. The number of nitrogens with one attached hydrogen (secondary N) is 1. The second kappa shape index (κ2) is 5.74. The van der Waals surface area contributed by atoms with E-state index in [1.54, 1.807) is 13.8 Å². The summed E-state index contributed by atoms with van der Waals surface area (Å²) in [6, 6.07) is -0.311. The molecule has 7 heteroatoms. The minimum Gasteiger partial charge on any atom is -0.476 e. The van der Waals surface area contributed by atoms with Gasteiger partial charge in [0.05, 0.1) is 6.04 Å². The lowest BCUT2D eigenvalue weighted by Gasteiger charge is -2.14. The van der Waals surface area contributed by atoms with Crippen LogP contribution >= 0.6 is 11.3 Å². The molecule has 0 aliphatic heterocycles. The zero-order valence-electron chi connectivity index (χ0n) is 9.64. The van der Waals surface area contributed by atoms with E-state index in [2.05, 4.69) is 10.3 Å². The van der Waals surface area contributed by atoms with Crippen LogP contribution in [0, 0.1) is 5.92 Å². The van der Waals surface area contributed by atoms with Crippen LogP contribution in [-0.4, -0.2) is 28.5 Å². The molecule has 0 saturated carbocycles. The largest absolute Gasteiger partial charge is 0.476 e. The summed E-state index contributed by atoms with van der Waals surface area (Å²) < 4.78 is 0. The van der Waals surface area contributed by atoms with Crippen LogP contribution in [0.15, 0.2) is 5.38 Å². The molecule has 1 rings (SSSR count). The molecule has 0 aromatic carbocycles. The summed E-state index contributed by atoms with van der Waals surface area (Å²) in [6.45, 7) is 3.76. The van der Waals surface area contributed by atoms with Crippen molar-refractivity contribution < 1.29 is 14.7 Å². The summed E-state index contributed by atoms with van der Waals surface area (Å²) in [7, 11) is 0. The first-order valence-corrected chi connectivity index (χ1v) is 6.02. The molecule has 0 saturated heterocycles. The summed E-state index contributed by atoms with van der Waals surface area (Å²) in [5.41, 5.74) is 5.38. The molecule has 1 amide bonds. The number of carboxylic acid groups (broad SMARTS) is 1. The average molecular weight is 257 g/mol. The monoisotopic (exact) mass is 257 g/mol. The van der Waals surface area contributed by atoms with Gasteiger partial charge in [0.15, 0.2) is 5.69 Å². The Morgan fingerprint density at radius 1 is 1.59 bits per heavy atom. The van der Waals surface area contributed by atoms with Crippen LogP contribution in [0.3, 0.4) is 0 Å². The number of aromatic carboxylic acids is 1. The van der Waals surface area contributed by atoms with Crippen molar-refractivity contribution in [1.29, 1.82) is 0 Å². The van der Waals surface area contributed by atoms with Crippen molar-refractivity contribution in [2.45, 2.75) is 19.9 Å². The molecular weight excluding hydrogens is 242 g/mol. The first-order chi connectivity index (χ1) is 7.95. The van der Waals surface area contributed by atoms with Gasteiger partial charge in [0.25, 0.3) is 0 Å². The van der Waals surface area contributed by atoms with Gasteiger partial charge in [-0.25, -0.2) is 9.78 Å². The Labute approximate surface area is 103 Å². The van der Waals surface area contributed by atoms with Gasteiger partial charge in [0, 0.05) is 17.8 Å². The fourth-order valence-electron chi connectivity index (χ4n) is 1.11. The van der Waals surface area contributed by atoms with E-state index in [9.17, 15) is 9.59 Å². The first-order valence-electron chi connectivity index (χ1n) is 5.14. The van der Waals surface area contributed by atoms with Crippen LogP contribution in [0.1, 0.15) is 35.4 Å². The highest BCUT2D eigenvalue weighted by molar-refractivity contribution is 7.09. The Bertz CT molecular complexity index is 419. The quantitative estimate of drug-likeness (QED) is 0.716. The average Bonchev–Trinajstić information content (AvgIpc) is 2.77. The smallest absolute Gasteiger partial charge is 0.355 e. The third-order valence-electron chi connectivity index (χ3n) is 2.27. The molecule has 17 heavy (non-hydrogen) atoms. The molecule has 94 valence electrons. The number of carboxylic acids is 1. The molecule has 4 N–H and O–H groups in total. The van der Waals surface area contributed by atoms with Crippen LogP contribution in [0.25, 0.3) is 0 Å². The third-order valence-corrected chi connectivity index (χ3v) is 3.30. The highest BCUT2D eigenvalue weighted by Gasteiger charge is 2.18. The Hall–Kier alpha value is -1.47. The summed E-state index contributed by atoms with van der Waals surface area (Å²) in [5, 5.41) is 13.5. The summed E-state index contributed by atoms with van der Waals surface area (Å²) in [5.74, 6) is -1.50. The standard InChI is InChI=1S/C10H15N3O3S/c1-5(3-11)8(14)12-6(2)9-13-7(4-17-9)10(15)16/h4-6H,3,11H2,1-2H3,(H,12,14)(H,15,16). The lowest BCUT2D eigenvalue weighted by Crippen LogP contribution is -2.34. The van der Waals surface area contributed by atoms with Crippen molar-refractivity contribution >= 4 is 23.2 Å². The zero-order valence-corrected chi connectivity index (χ0v) is 10.5. The third kappa shape index (κ3) is 3.50. The van der Waals surface area contributed by atoms with E-state index in [-0.39, 0.29) is 30.1 Å². The highest BCUT2D eigenvalue weighted by Crippen LogP contribution is 2.18. The van der Waals surface area contributed by atoms with E-state index >= 15 is 0 Å². The van der Waals surface area contributed by atoms with Crippen LogP contribution < -0.4 is 11.1 Å². The molecule has 0 aliphatic rings. The van der Waals surface area contributed by atoms with Gasteiger partial charge in [0.1, 0.15) is 5.01 Å². The molecule has 1 heterocycles. The molecule has 0 fully saturated rings. The molecule has 0 radical (unpaired) electrons. The Kier molecular flexibility index (Phi) is 4.59. The summed E-state index contributed by atoms with van der Waals surface area (Å²) in [6.07, 6.45) is 0. The van der Waals surface area contributed by atoms with Crippen molar-refractivity contribution in [1.82, 2.24) is 10.3 Å². The van der Waals surface area contributed by atoms with E-state index in [0.29, 0.717) is 5.01 Å². The van der Waals surface area contributed by atoms with Gasteiger partial charge in [0.2, 0.25) is 5.91 Å². The van der Waals surface area contributed by atoms with Gasteiger partial charge in [-0.05, 0) is 6.92 Å². The number of hydrogen-bond acceptors (Lipinski definition) is 5. The van der Waals surface area contributed by atoms with Crippen molar-refractivity contribution in [2.24, 2.45) is 11.7 Å². The first kappa shape index (κ1) is 13.6. The van der Waals surface area contributed by atoms with E-state index in [0.717, 1.165) is 0 Å². The topological polar surface area (TPSA) is 105 Å². The molecule has 1 aromatic rings. The minimum absolute atomic E-state index is 0.00188. The van der Waals surface area contributed by atoms with Gasteiger partial charge < -0.3 is 16.2 Å². The van der Waals surface area contributed by atoms with Gasteiger partial charge in [-0.2, -0.15) is 0 Å². The molecule has 6 nitrogen and oxygen atoms in total. The van der Waals surface area contributed by atoms with E-state index < -0.39 is 5.97 Å². The Morgan fingerprint density at radius 3 is 2.71 bits per heavy atom. The summed E-state index contributed by atoms with van der Waals surface area (Å²) in [4.78, 5) is 26.1. The lowest BCUT2D eigenvalue weighted by atomic mass is 10.1. The number of carbonyl (C=O) groups excluding carboxylic acids is 1. The number of hydrogen-bond donors (Lipinski definition) is 3. The Balaban J connectivity index is 2.66. The normalized spacial score (nSPS) is 14.1. The predicted octanol–water partition coefficient (Wildman–Crippen LogP) is 0.613. The number of aromatic nitrogens is 1. The van der Waals surface area contributed by atoms with Crippen molar-refractivity contribution in [3.63, 3.8) is 0 Å². The maximum atomic E-state index is 11.6. The maximum absolute atomic E-state index is 11.6.